The SMILES string of the molecule is CCCCCCCCCCCCCC(=O)N[C@@H](CSC[C@H](NC(=O)CCCCCCCCCCCCC)C(=O)N[C@@H](CO)C(=O)N[C@@H](CCCCN)C(=O)N[C@@H](CCCCN)C(=O)N[C@@H](CCCCN)C(=O)N[C@@H](CCCCN)C(N)=O)C(=O)O. The zero-order valence-corrected chi connectivity index (χ0v) is 53.1. The third kappa shape index (κ3) is 42.8. The van der Waals surface area contributed by atoms with Crippen molar-refractivity contribution in [3.8, 4) is 0 Å². The number of nitrogens with one attached hydrogen (secondary N) is 7. The molecule has 0 unspecified atom stereocenters. The molecule has 0 aliphatic rings. The van der Waals surface area contributed by atoms with Crippen LogP contribution in [0.25, 0.3) is 0 Å². The summed E-state index contributed by atoms with van der Waals surface area (Å²) in [5.74, 6) is -7.09. The van der Waals surface area contributed by atoms with Crippen LogP contribution < -0.4 is 65.9 Å². The van der Waals surface area contributed by atoms with Gasteiger partial charge in [0.25, 0.3) is 0 Å². The molecule has 0 saturated carbocycles. The molecule has 0 bridgehead atoms. The first-order valence-corrected chi connectivity index (χ1v) is 33.8. The molecular weight excluding hydrogens is 1110 g/mol. The third-order valence-electron chi connectivity index (χ3n) is 15.0. The van der Waals surface area contributed by atoms with Crippen molar-refractivity contribution in [2.24, 2.45) is 28.7 Å². The van der Waals surface area contributed by atoms with E-state index in [1.54, 1.807) is 0 Å². The Bertz CT molecular complexity index is 1820. The lowest BCUT2D eigenvalue weighted by molar-refractivity contribution is -0.141. The maximum Gasteiger partial charge on any atom is 0.327 e. The lowest BCUT2D eigenvalue weighted by Gasteiger charge is -2.27. The summed E-state index contributed by atoms with van der Waals surface area (Å²) in [6, 6.07) is -8.91. The fraction of sp³-hybridized carbons (Fsp3) is 0.852. The van der Waals surface area contributed by atoms with Gasteiger partial charge < -0.3 is 76.1 Å². The fourth-order valence-electron chi connectivity index (χ4n) is 9.71. The van der Waals surface area contributed by atoms with Crippen LogP contribution in [-0.4, -0.2) is 150 Å². The van der Waals surface area contributed by atoms with Gasteiger partial charge in [0.1, 0.15) is 42.3 Å². The summed E-state index contributed by atoms with van der Waals surface area (Å²) >= 11 is 1.01. The number of amides is 8. The van der Waals surface area contributed by atoms with E-state index in [0.717, 1.165) is 63.1 Å². The molecule has 0 aromatic heterocycles. The molecule has 0 aromatic rings. The van der Waals surface area contributed by atoms with Crippen molar-refractivity contribution >= 4 is 65.0 Å². The van der Waals surface area contributed by atoms with Crippen LogP contribution in [0.15, 0.2) is 0 Å². The number of primary amides is 1. The van der Waals surface area contributed by atoms with E-state index in [0.29, 0.717) is 83.8 Å². The Balaban J connectivity index is 6.29. The van der Waals surface area contributed by atoms with Crippen molar-refractivity contribution in [3.05, 3.63) is 0 Å². The second-order valence-electron chi connectivity index (χ2n) is 22.7. The lowest BCUT2D eigenvalue weighted by atomic mass is 10.0. The molecule has 0 aliphatic carbocycles. The Labute approximate surface area is 513 Å². The van der Waals surface area contributed by atoms with Gasteiger partial charge in [-0.3, -0.25) is 38.4 Å². The highest BCUT2D eigenvalue weighted by atomic mass is 32.2. The molecule has 0 saturated heterocycles. The van der Waals surface area contributed by atoms with E-state index in [-0.39, 0.29) is 56.6 Å². The Hall–Kier alpha value is -4.62. The van der Waals surface area contributed by atoms with Crippen LogP contribution in [0.5, 0.6) is 0 Å². The minimum absolute atomic E-state index is 0.0375. The zero-order valence-electron chi connectivity index (χ0n) is 52.3. The van der Waals surface area contributed by atoms with Crippen molar-refractivity contribution in [1.29, 1.82) is 0 Å². The number of nitrogens with two attached hydrogens (primary N) is 5. The summed E-state index contributed by atoms with van der Waals surface area (Å²) < 4.78 is 0. The molecule has 0 spiro atoms. The molecule has 0 aliphatic heterocycles. The van der Waals surface area contributed by atoms with Gasteiger partial charge in [0, 0.05) is 24.3 Å². The van der Waals surface area contributed by atoms with E-state index in [1.165, 1.54) is 77.0 Å². The van der Waals surface area contributed by atoms with Crippen molar-refractivity contribution in [2.45, 2.75) is 287 Å². The zero-order chi connectivity index (χ0) is 63.3. The number of hydrogen-bond acceptors (Lipinski definition) is 15. The van der Waals surface area contributed by atoms with Crippen molar-refractivity contribution in [3.63, 3.8) is 0 Å². The van der Waals surface area contributed by atoms with Gasteiger partial charge in [-0.05, 0) is 116 Å². The van der Waals surface area contributed by atoms with E-state index in [9.17, 15) is 53.4 Å². The molecule has 0 fully saturated rings. The van der Waals surface area contributed by atoms with Crippen LogP contribution in [0.2, 0.25) is 0 Å². The Morgan fingerprint density at radius 3 is 0.929 bits per heavy atom. The first-order valence-electron chi connectivity index (χ1n) is 32.6. The summed E-state index contributed by atoms with van der Waals surface area (Å²) in [6.07, 6.45) is 28.7. The largest absolute Gasteiger partial charge is 0.480 e. The van der Waals surface area contributed by atoms with E-state index < -0.39 is 102 Å². The molecular formula is C61H118N12O11S. The average Bonchev–Trinajstić information content (AvgIpc) is 3.66. The highest BCUT2D eigenvalue weighted by Gasteiger charge is 2.33. The molecule has 0 rings (SSSR count). The summed E-state index contributed by atoms with van der Waals surface area (Å²) in [5, 5.41) is 39.2. The van der Waals surface area contributed by atoms with Crippen LogP contribution in [0, 0.1) is 0 Å². The summed E-state index contributed by atoms with van der Waals surface area (Å²) in [4.78, 5) is 121. The number of carboxylic acids is 1. The maximum atomic E-state index is 14.2. The topological polar surface area (TPSA) is 408 Å². The minimum Gasteiger partial charge on any atom is -0.480 e. The number of aliphatic hydroxyl groups is 1. The summed E-state index contributed by atoms with van der Waals surface area (Å²) in [5.41, 5.74) is 28.5. The van der Waals surface area contributed by atoms with Crippen molar-refractivity contribution in [1.82, 2.24) is 37.2 Å². The fourth-order valence-corrected chi connectivity index (χ4v) is 10.8. The predicted molar refractivity (Wildman–Crippen MR) is 339 cm³/mol. The second-order valence-corrected chi connectivity index (χ2v) is 23.8. The highest BCUT2D eigenvalue weighted by molar-refractivity contribution is 7.99. The number of rotatable bonds is 59. The molecule has 0 aromatic carbocycles. The van der Waals surface area contributed by atoms with Crippen molar-refractivity contribution in [2.75, 3.05) is 44.3 Å². The van der Waals surface area contributed by atoms with Gasteiger partial charge in [0.05, 0.1) is 6.61 Å². The van der Waals surface area contributed by atoms with Crippen LogP contribution >= 0.6 is 11.8 Å². The molecule has 8 amide bonds. The van der Waals surface area contributed by atoms with Crippen LogP contribution in [-0.2, 0) is 43.2 Å². The first-order chi connectivity index (χ1) is 41.0. The Kier molecular flexibility index (Phi) is 51.8. The quantitative estimate of drug-likeness (QED) is 0.0370. The van der Waals surface area contributed by atoms with Crippen molar-refractivity contribution < 1.29 is 53.4 Å². The van der Waals surface area contributed by atoms with Gasteiger partial charge >= 0.3 is 5.97 Å². The predicted octanol–water partition coefficient (Wildman–Crippen LogP) is 4.59. The third-order valence-corrected chi connectivity index (χ3v) is 16.2. The monoisotopic (exact) mass is 1230 g/mol. The van der Waals surface area contributed by atoms with E-state index >= 15 is 0 Å². The molecule has 24 heteroatoms. The lowest BCUT2D eigenvalue weighted by Crippen LogP contribution is -2.60. The molecule has 0 heterocycles. The second kappa shape index (κ2) is 54.7. The number of carboxylic acid groups (broad SMARTS) is 1. The van der Waals surface area contributed by atoms with E-state index in [2.05, 4.69) is 51.1 Å². The number of aliphatic hydroxyl groups excluding tert-OH is 1. The number of unbranched alkanes of at least 4 members (excludes halogenated alkanes) is 24. The van der Waals surface area contributed by atoms with Gasteiger partial charge in [-0.25, -0.2) is 4.79 Å². The molecule has 23 nitrogen and oxygen atoms in total. The van der Waals surface area contributed by atoms with Crippen LogP contribution in [0.1, 0.15) is 245 Å². The van der Waals surface area contributed by atoms with Crippen LogP contribution in [0.3, 0.4) is 0 Å². The molecule has 0 radical (unpaired) electrons. The molecule has 85 heavy (non-hydrogen) atoms. The Morgan fingerprint density at radius 1 is 0.341 bits per heavy atom. The smallest absolute Gasteiger partial charge is 0.327 e. The van der Waals surface area contributed by atoms with Gasteiger partial charge in [-0.2, -0.15) is 11.8 Å². The first kappa shape index (κ1) is 80.4. The van der Waals surface area contributed by atoms with Gasteiger partial charge in [0.2, 0.25) is 47.3 Å². The summed E-state index contributed by atoms with van der Waals surface area (Å²) in [6.45, 7) is 4.74. The molecule has 7 atom stereocenters. The Morgan fingerprint density at radius 2 is 0.612 bits per heavy atom. The van der Waals surface area contributed by atoms with E-state index in [4.69, 9.17) is 28.7 Å². The molecule has 19 N–H and O–H groups in total. The normalized spacial score (nSPS) is 13.7. The average molecular weight is 1230 g/mol. The molecule has 494 valence electrons. The number of carbonyl (C=O) groups excluding carboxylic acids is 8. The van der Waals surface area contributed by atoms with Gasteiger partial charge in [-0.15, -0.1) is 0 Å². The van der Waals surface area contributed by atoms with Crippen LogP contribution in [0.4, 0.5) is 0 Å². The van der Waals surface area contributed by atoms with Gasteiger partial charge in [0.15, 0.2) is 0 Å². The minimum atomic E-state index is -1.63. The number of carbonyl (C=O) groups is 9. The number of aliphatic carboxylic acids is 1. The number of thioether (sulfide) groups is 1. The maximum absolute atomic E-state index is 14.2. The standard InChI is InChI=1S/C61H118N12O11S/c1-3-5-7-9-11-13-15-17-19-21-23-37-53(75)67-51(44-85-45-52(61(83)84)68-54(76)38-24-22-20-18-16-14-12-10-8-6-4-2)60(82)73-50(43-74)59(81)72-49(36-28-32-42-65)58(80)71-48(35-27-31-41-64)57(79)70-47(34-26-30-40-63)56(78)69-46(55(66)77)33-25-29-39-62/h46-52,74H,3-45,62-65H2,1-2H3,(H2,66,77)(H,67,75)(H,68,76)(H,69,78)(H,70,79)(H,71,80)(H,72,81)(H,73,82)(H,83,84)/t46-,47-,48-,49-,50-,51-,52-/m0/s1. The van der Waals surface area contributed by atoms with E-state index in [1.807, 2.05) is 0 Å². The highest BCUT2D eigenvalue weighted by Crippen LogP contribution is 2.16. The number of hydrogen-bond donors (Lipinski definition) is 14. The summed E-state index contributed by atoms with van der Waals surface area (Å²) in [7, 11) is 0. The van der Waals surface area contributed by atoms with Gasteiger partial charge in [-0.1, -0.05) is 142 Å².